The molecule has 1 rings (SSSR count). The van der Waals surface area contributed by atoms with Crippen LogP contribution < -0.4 is 5.32 Å². The third-order valence-electron chi connectivity index (χ3n) is 3.95. The first-order valence-electron chi connectivity index (χ1n) is 7.98. The maximum Gasteiger partial charge on any atom is 0.0409 e. The summed E-state index contributed by atoms with van der Waals surface area (Å²) in [6.07, 6.45) is 1.18. The van der Waals surface area contributed by atoms with Crippen LogP contribution in [0.5, 0.6) is 0 Å². The maximum absolute atomic E-state index is 6.06. The van der Waals surface area contributed by atoms with Gasteiger partial charge < -0.3 is 10.2 Å². The average Bonchev–Trinajstić information content (AvgIpc) is 2.38. The first-order valence-corrected chi connectivity index (χ1v) is 8.36. The summed E-state index contributed by atoms with van der Waals surface area (Å²) in [5, 5.41) is 4.42. The SMILES string of the molecule is CCC(C)(CNCC(C)C)CN(C)Cc1cccc(Cl)c1. The summed E-state index contributed by atoms with van der Waals surface area (Å²) in [4.78, 5) is 2.40. The van der Waals surface area contributed by atoms with E-state index in [9.17, 15) is 0 Å². The predicted molar refractivity (Wildman–Crippen MR) is 93.9 cm³/mol. The Hall–Kier alpha value is -0.570. The molecule has 1 atom stereocenters. The quantitative estimate of drug-likeness (QED) is 0.725. The van der Waals surface area contributed by atoms with E-state index in [1.807, 2.05) is 12.1 Å². The van der Waals surface area contributed by atoms with Crippen molar-refractivity contribution in [2.45, 2.75) is 40.7 Å². The Balaban J connectivity index is 2.51. The monoisotopic (exact) mass is 310 g/mol. The van der Waals surface area contributed by atoms with E-state index in [2.05, 4.69) is 57.1 Å². The Morgan fingerprint density at radius 2 is 2.05 bits per heavy atom. The van der Waals surface area contributed by atoms with Crippen molar-refractivity contribution in [2.24, 2.45) is 11.3 Å². The third-order valence-corrected chi connectivity index (χ3v) is 4.19. The van der Waals surface area contributed by atoms with Gasteiger partial charge in [-0.1, -0.05) is 51.4 Å². The number of nitrogens with zero attached hydrogens (tertiary/aromatic N) is 1. The minimum Gasteiger partial charge on any atom is -0.316 e. The molecule has 120 valence electrons. The fourth-order valence-electron chi connectivity index (χ4n) is 2.61. The lowest BCUT2D eigenvalue weighted by Crippen LogP contribution is -2.41. The van der Waals surface area contributed by atoms with E-state index in [0.29, 0.717) is 11.3 Å². The molecular weight excluding hydrogens is 280 g/mol. The molecule has 0 saturated carbocycles. The number of benzene rings is 1. The molecule has 0 bridgehead atoms. The van der Waals surface area contributed by atoms with Gasteiger partial charge in [0.2, 0.25) is 0 Å². The first kappa shape index (κ1) is 18.5. The van der Waals surface area contributed by atoms with Gasteiger partial charge in [0.25, 0.3) is 0 Å². The van der Waals surface area contributed by atoms with Crippen molar-refractivity contribution >= 4 is 11.6 Å². The Morgan fingerprint density at radius 3 is 2.62 bits per heavy atom. The molecular formula is C18H31ClN2. The second-order valence-electron chi connectivity index (χ2n) is 6.99. The standard InChI is InChI=1S/C18H31ClN2/c1-6-18(4,13-20-11-15(2)3)14-21(5)12-16-8-7-9-17(19)10-16/h7-10,15,20H,6,11-14H2,1-5H3. The van der Waals surface area contributed by atoms with Gasteiger partial charge in [-0.15, -0.1) is 0 Å². The van der Waals surface area contributed by atoms with Crippen molar-refractivity contribution < 1.29 is 0 Å². The molecule has 0 aliphatic heterocycles. The first-order chi connectivity index (χ1) is 9.84. The fourth-order valence-corrected chi connectivity index (χ4v) is 2.82. The van der Waals surface area contributed by atoms with E-state index in [1.54, 1.807) is 0 Å². The molecule has 1 unspecified atom stereocenters. The van der Waals surface area contributed by atoms with Crippen LogP contribution in [-0.4, -0.2) is 31.6 Å². The normalized spacial score (nSPS) is 14.7. The van der Waals surface area contributed by atoms with Crippen molar-refractivity contribution in [3.63, 3.8) is 0 Å². The number of hydrogen-bond donors (Lipinski definition) is 1. The van der Waals surface area contributed by atoms with Crippen molar-refractivity contribution in [1.82, 2.24) is 10.2 Å². The van der Waals surface area contributed by atoms with E-state index < -0.39 is 0 Å². The van der Waals surface area contributed by atoms with E-state index in [-0.39, 0.29) is 0 Å². The smallest absolute Gasteiger partial charge is 0.0409 e. The Bertz CT molecular complexity index is 419. The van der Waals surface area contributed by atoms with Gasteiger partial charge in [0.15, 0.2) is 0 Å². The van der Waals surface area contributed by atoms with Gasteiger partial charge in [-0.05, 0) is 49.0 Å². The molecule has 0 aliphatic rings. The summed E-state index contributed by atoms with van der Waals surface area (Å²) in [5.41, 5.74) is 1.58. The van der Waals surface area contributed by atoms with Crippen LogP contribution in [0.1, 0.15) is 39.7 Å². The zero-order chi connectivity index (χ0) is 15.9. The van der Waals surface area contributed by atoms with Crippen molar-refractivity contribution in [1.29, 1.82) is 0 Å². The topological polar surface area (TPSA) is 15.3 Å². The molecule has 21 heavy (non-hydrogen) atoms. The molecule has 0 aromatic heterocycles. The predicted octanol–water partition coefficient (Wildman–Crippen LogP) is 4.43. The molecule has 0 aliphatic carbocycles. The van der Waals surface area contributed by atoms with Gasteiger partial charge in [-0.3, -0.25) is 0 Å². The summed E-state index contributed by atoms with van der Waals surface area (Å²) in [6, 6.07) is 8.15. The molecule has 1 aromatic carbocycles. The van der Waals surface area contributed by atoms with Crippen LogP contribution in [0.25, 0.3) is 0 Å². The summed E-state index contributed by atoms with van der Waals surface area (Å²) in [7, 11) is 2.19. The van der Waals surface area contributed by atoms with Gasteiger partial charge in [0, 0.05) is 24.7 Å². The van der Waals surface area contributed by atoms with E-state index in [1.165, 1.54) is 12.0 Å². The van der Waals surface area contributed by atoms with Crippen LogP contribution in [-0.2, 0) is 6.54 Å². The van der Waals surface area contributed by atoms with Crippen LogP contribution in [0.3, 0.4) is 0 Å². The van der Waals surface area contributed by atoms with Gasteiger partial charge in [-0.25, -0.2) is 0 Å². The highest BCUT2D eigenvalue weighted by Crippen LogP contribution is 2.22. The number of halogens is 1. The van der Waals surface area contributed by atoms with E-state index in [4.69, 9.17) is 11.6 Å². The molecule has 1 N–H and O–H groups in total. The molecule has 2 nitrogen and oxygen atoms in total. The van der Waals surface area contributed by atoms with Gasteiger partial charge in [-0.2, -0.15) is 0 Å². The van der Waals surface area contributed by atoms with Crippen molar-refractivity contribution in [3.8, 4) is 0 Å². The van der Waals surface area contributed by atoms with Gasteiger partial charge in [0.1, 0.15) is 0 Å². The molecule has 1 aromatic rings. The van der Waals surface area contributed by atoms with Gasteiger partial charge in [0.05, 0.1) is 0 Å². The Kier molecular flexibility index (Phi) is 7.72. The van der Waals surface area contributed by atoms with Crippen LogP contribution >= 0.6 is 11.6 Å². The second-order valence-corrected chi connectivity index (χ2v) is 7.43. The number of rotatable bonds is 9. The molecule has 0 saturated heterocycles. The lowest BCUT2D eigenvalue weighted by atomic mass is 9.86. The highest BCUT2D eigenvalue weighted by molar-refractivity contribution is 6.30. The van der Waals surface area contributed by atoms with E-state index in [0.717, 1.165) is 31.2 Å². The van der Waals surface area contributed by atoms with Crippen LogP contribution in [0, 0.1) is 11.3 Å². The zero-order valence-corrected chi connectivity index (χ0v) is 15.0. The molecule has 0 radical (unpaired) electrons. The summed E-state index contributed by atoms with van der Waals surface area (Å²) >= 11 is 6.06. The fraction of sp³-hybridized carbons (Fsp3) is 0.667. The highest BCUT2D eigenvalue weighted by Gasteiger charge is 2.23. The Morgan fingerprint density at radius 1 is 1.33 bits per heavy atom. The zero-order valence-electron chi connectivity index (χ0n) is 14.2. The summed E-state index contributed by atoms with van der Waals surface area (Å²) in [5.74, 6) is 0.704. The summed E-state index contributed by atoms with van der Waals surface area (Å²) in [6.45, 7) is 13.3. The minimum atomic E-state index is 0.308. The van der Waals surface area contributed by atoms with Crippen LogP contribution in [0.15, 0.2) is 24.3 Å². The molecule has 0 amide bonds. The number of nitrogens with one attached hydrogen (secondary N) is 1. The lowest BCUT2D eigenvalue weighted by molar-refractivity contribution is 0.174. The Labute approximate surface area is 135 Å². The second kappa shape index (κ2) is 8.77. The molecule has 0 spiro atoms. The van der Waals surface area contributed by atoms with E-state index >= 15 is 0 Å². The average molecular weight is 311 g/mol. The summed E-state index contributed by atoms with van der Waals surface area (Å²) < 4.78 is 0. The third kappa shape index (κ3) is 7.30. The largest absolute Gasteiger partial charge is 0.316 e. The number of hydrogen-bond acceptors (Lipinski definition) is 2. The molecule has 0 fully saturated rings. The molecule has 3 heteroatoms. The molecule has 0 heterocycles. The maximum atomic E-state index is 6.06. The lowest BCUT2D eigenvalue weighted by Gasteiger charge is -2.33. The minimum absolute atomic E-state index is 0.308. The van der Waals surface area contributed by atoms with Crippen molar-refractivity contribution in [2.75, 3.05) is 26.7 Å². The highest BCUT2D eigenvalue weighted by atomic mass is 35.5. The van der Waals surface area contributed by atoms with Crippen LogP contribution in [0.2, 0.25) is 5.02 Å². The van der Waals surface area contributed by atoms with Crippen molar-refractivity contribution in [3.05, 3.63) is 34.9 Å². The van der Waals surface area contributed by atoms with Crippen LogP contribution in [0.4, 0.5) is 0 Å². The van der Waals surface area contributed by atoms with Gasteiger partial charge >= 0.3 is 0 Å².